The zero-order valence-corrected chi connectivity index (χ0v) is 12.4. The number of hydrogen-bond acceptors (Lipinski definition) is 2. The van der Waals surface area contributed by atoms with Crippen molar-refractivity contribution in [1.82, 2.24) is 15.1 Å². The molecule has 3 rings (SSSR count). The maximum absolute atomic E-state index is 12.2. The summed E-state index contributed by atoms with van der Waals surface area (Å²) in [5.74, 6) is 0.640. The molecule has 2 atom stereocenters. The van der Waals surface area contributed by atoms with Crippen LogP contribution >= 0.6 is 0 Å². The predicted octanol–water partition coefficient (Wildman–Crippen LogP) is 2.22. The average Bonchev–Trinajstić information content (AvgIpc) is 3.16. The number of carbonyl (C=O) groups is 1. The van der Waals surface area contributed by atoms with Crippen LogP contribution in [0.2, 0.25) is 0 Å². The van der Waals surface area contributed by atoms with Crippen LogP contribution < -0.4 is 5.32 Å². The van der Waals surface area contributed by atoms with Gasteiger partial charge in [0.2, 0.25) is 0 Å². The highest BCUT2D eigenvalue weighted by atomic mass is 16.2. The second kappa shape index (κ2) is 6.61. The van der Waals surface area contributed by atoms with Crippen LogP contribution in [0.3, 0.4) is 0 Å². The van der Waals surface area contributed by atoms with E-state index in [2.05, 4.69) is 22.4 Å². The number of nitrogens with one attached hydrogen (secondary N) is 1. The van der Waals surface area contributed by atoms with Gasteiger partial charge in [-0.15, -0.1) is 0 Å². The summed E-state index contributed by atoms with van der Waals surface area (Å²) in [5, 5.41) is 3.14. The number of nitrogens with zero attached hydrogens (tertiary/aromatic N) is 2. The molecule has 1 aliphatic carbocycles. The Hall–Kier alpha value is -1.03. The molecular formula is C16H27N3O. The molecule has 2 saturated heterocycles. The van der Waals surface area contributed by atoms with Gasteiger partial charge in [-0.2, -0.15) is 0 Å². The van der Waals surface area contributed by atoms with E-state index >= 15 is 0 Å². The highest BCUT2D eigenvalue weighted by Gasteiger charge is 2.31. The molecule has 0 bridgehead atoms. The fraction of sp³-hybridized carbons (Fsp3) is 0.812. The zero-order valence-electron chi connectivity index (χ0n) is 12.4. The maximum Gasteiger partial charge on any atom is 0.317 e. The smallest absolute Gasteiger partial charge is 0.317 e. The van der Waals surface area contributed by atoms with Crippen molar-refractivity contribution in [2.24, 2.45) is 5.92 Å². The molecule has 4 nitrogen and oxygen atoms in total. The van der Waals surface area contributed by atoms with Gasteiger partial charge in [-0.1, -0.05) is 12.2 Å². The molecule has 2 heterocycles. The van der Waals surface area contributed by atoms with Crippen molar-refractivity contribution in [2.45, 2.75) is 44.6 Å². The average molecular weight is 277 g/mol. The zero-order chi connectivity index (χ0) is 13.8. The SMILES string of the molecule is O=C(NCC1CC=CCC1)N1CCC(N2CCCC2)C1. The summed E-state index contributed by atoms with van der Waals surface area (Å²) in [5.41, 5.74) is 0. The van der Waals surface area contributed by atoms with E-state index in [1.807, 2.05) is 4.90 Å². The van der Waals surface area contributed by atoms with E-state index in [-0.39, 0.29) is 6.03 Å². The molecule has 0 radical (unpaired) electrons. The summed E-state index contributed by atoms with van der Waals surface area (Å²) in [7, 11) is 0. The standard InChI is InChI=1S/C16H27N3O/c20-16(17-12-14-6-2-1-3-7-14)19-11-8-15(13-19)18-9-4-5-10-18/h1-2,14-15H,3-13H2,(H,17,20). The lowest BCUT2D eigenvalue weighted by Gasteiger charge is -2.24. The lowest BCUT2D eigenvalue weighted by Crippen LogP contribution is -2.43. The van der Waals surface area contributed by atoms with E-state index in [9.17, 15) is 4.79 Å². The van der Waals surface area contributed by atoms with E-state index in [4.69, 9.17) is 0 Å². The Kier molecular flexibility index (Phi) is 4.61. The first-order chi connectivity index (χ1) is 9.83. The Morgan fingerprint density at radius 1 is 1.15 bits per heavy atom. The largest absolute Gasteiger partial charge is 0.338 e. The summed E-state index contributed by atoms with van der Waals surface area (Å²) < 4.78 is 0. The third kappa shape index (κ3) is 3.35. The highest BCUT2D eigenvalue weighted by molar-refractivity contribution is 5.74. The Labute approximate surface area is 122 Å². The maximum atomic E-state index is 12.2. The number of urea groups is 1. The second-order valence-electron chi connectivity index (χ2n) is 6.47. The lowest BCUT2D eigenvalue weighted by molar-refractivity contribution is 0.196. The van der Waals surface area contributed by atoms with E-state index < -0.39 is 0 Å². The normalized spacial score (nSPS) is 30.9. The molecule has 1 N–H and O–H groups in total. The van der Waals surface area contributed by atoms with Crippen LogP contribution in [0.1, 0.15) is 38.5 Å². The number of hydrogen-bond donors (Lipinski definition) is 1. The van der Waals surface area contributed by atoms with E-state index in [0.717, 1.165) is 32.5 Å². The van der Waals surface area contributed by atoms with Gasteiger partial charge < -0.3 is 10.2 Å². The number of likely N-dealkylation sites (tertiary alicyclic amines) is 2. The first-order valence-corrected chi connectivity index (χ1v) is 8.25. The molecule has 3 aliphatic rings. The van der Waals surface area contributed by atoms with Crippen molar-refractivity contribution in [3.8, 4) is 0 Å². The van der Waals surface area contributed by atoms with Crippen LogP contribution in [-0.2, 0) is 0 Å². The Morgan fingerprint density at radius 3 is 2.75 bits per heavy atom. The first kappa shape index (κ1) is 13.9. The quantitative estimate of drug-likeness (QED) is 0.803. The summed E-state index contributed by atoms with van der Waals surface area (Å²) in [6.07, 6.45) is 11.8. The molecule has 0 spiro atoms. The number of carbonyl (C=O) groups excluding carboxylic acids is 1. The predicted molar refractivity (Wildman–Crippen MR) is 80.7 cm³/mol. The van der Waals surface area contributed by atoms with Crippen molar-refractivity contribution in [3.63, 3.8) is 0 Å². The van der Waals surface area contributed by atoms with Gasteiger partial charge in [-0.05, 0) is 57.5 Å². The minimum Gasteiger partial charge on any atom is -0.338 e. The van der Waals surface area contributed by atoms with Gasteiger partial charge in [-0.25, -0.2) is 4.79 Å². The number of allylic oxidation sites excluding steroid dienone is 2. The van der Waals surface area contributed by atoms with E-state index in [0.29, 0.717) is 12.0 Å². The van der Waals surface area contributed by atoms with Gasteiger partial charge in [-0.3, -0.25) is 4.90 Å². The van der Waals surface area contributed by atoms with Gasteiger partial charge >= 0.3 is 6.03 Å². The minimum absolute atomic E-state index is 0.154. The molecule has 0 aromatic rings. The molecule has 2 amide bonds. The molecule has 2 fully saturated rings. The third-order valence-corrected chi connectivity index (χ3v) is 5.03. The molecule has 4 heteroatoms. The fourth-order valence-corrected chi connectivity index (χ4v) is 3.72. The van der Waals surface area contributed by atoms with Crippen LogP contribution in [-0.4, -0.2) is 54.6 Å². The Bertz CT molecular complexity index is 363. The fourth-order valence-electron chi connectivity index (χ4n) is 3.72. The van der Waals surface area contributed by atoms with Crippen LogP contribution in [0.25, 0.3) is 0 Å². The molecule has 2 aliphatic heterocycles. The molecular weight excluding hydrogens is 250 g/mol. The van der Waals surface area contributed by atoms with Crippen molar-refractivity contribution >= 4 is 6.03 Å². The molecule has 112 valence electrons. The van der Waals surface area contributed by atoms with Gasteiger partial charge in [0, 0.05) is 25.7 Å². The van der Waals surface area contributed by atoms with Crippen LogP contribution in [0.15, 0.2) is 12.2 Å². The highest BCUT2D eigenvalue weighted by Crippen LogP contribution is 2.21. The summed E-state index contributed by atoms with van der Waals surface area (Å²) in [6, 6.07) is 0.766. The summed E-state index contributed by atoms with van der Waals surface area (Å²) in [6.45, 7) is 5.16. The molecule has 0 saturated carbocycles. The summed E-state index contributed by atoms with van der Waals surface area (Å²) in [4.78, 5) is 16.8. The van der Waals surface area contributed by atoms with Crippen LogP contribution in [0, 0.1) is 5.92 Å². The number of rotatable bonds is 3. The summed E-state index contributed by atoms with van der Waals surface area (Å²) >= 11 is 0. The van der Waals surface area contributed by atoms with Crippen LogP contribution in [0.5, 0.6) is 0 Å². The van der Waals surface area contributed by atoms with Gasteiger partial charge in [0.15, 0.2) is 0 Å². The van der Waals surface area contributed by atoms with Crippen molar-refractivity contribution in [2.75, 3.05) is 32.7 Å². The topological polar surface area (TPSA) is 35.6 Å². The lowest BCUT2D eigenvalue weighted by atomic mass is 9.94. The Balaban J connectivity index is 1.40. The van der Waals surface area contributed by atoms with Gasteiger partial charge in [0.1, 0.15) is 0 Å². The minimum atomic E-state index is 0.154. The van der Waals surface area contributed by atoms with Crippen LogP contribution in [0.4, 0.5) is 4.79 Å². The van der Waals surface area contributed by atoms with Gasteiger partial charge in [0.25, 0.3) is 0 Å². The van der Waals surface area contributed by atoms with E-state index in [1.165, 1.54) is 38.8 Å². The first-order valence-electron chi connectivity index (χ1n) is 8.25. The van der Waals surface area contributed by atoms with Crippen molar-refractivity contribution in [1.29, 1.82) is 0 Å². The van der Waals surface area contributed by atoms with Gasteiger partial charge in [0.05, 0.1) is 0 Å². The Morgan fingerprint density at radius 2 is 2.00 bits per heavy atom. The molecule has 20 heavy (non-hydrogen) atoms. The molecule has 0 aromatic carbocycles. The van der Waals surface area contributed by atoms with E-state index in [1.54, 1.807) is 0 Å². The van der Waals surface area contributed by atoms with Crippen molar-refractivity contribution < 1.29 is 4.79 Å². The second-order valence-corrected chi connectivity index (χ2v) is 6.47. The number of amides is 2. The molecule has 2 unspecified atom stereocenters. The third-order valence-electron chi connectivity index (χ3n) is 5.03. The molecule has 0 aromatic heterocycles. The monoisotopic (exact) mass is 277 g/mol. The van der Waals surface area contributed by atoms with Crippen molar-refractivity contribution in [3.05, 3.63) is 12.2 Å².